The van der Waals surface area contributed by atoms with Gasteiger partial charge in [0.1, 0.15) is 11.6 Å². The molecule has 0 heterocycles. The van der Waals surface area contributed by atoms with Crippen LogP contribution in [-0.2, 0) is 6.54 Å². The Morgan fingerprint density at radius 2 is 2.11 bits per heavy atom. The molecule has 1 fully saturated rings. The zero-order valence-electron chi connectivity index (χ0n) is 10.4. The smallest absolute Gasteiger partial charge is 0.144 e. The van der Waals surface area contributed by atoms with Gasteiger partial charge in [-0.1, -0.05) is 0 Å². The van der Waals surface area contributed by atoms with Gasteiger partial charge in [-0.3, -0.25) is 10.3 Å². The Balaban J connectivity index is 2.12. The van der Waals surface area contributed by atoms with E-state index in [1.165, 1.54) is 12.1 Å². The molecular weight excluding hydrogens is 316 g/mol. The summed E-state index contributed by atoms with van der Waals surface area (Å²) in [5.74, 6) is -0.983. The van der Waals surface area contributed by atoms with Crippen molar-refractivity contribution in [3.05, 3.63) is 33.8 Å². The molecule has 0 aromatic heterocycles. The van der Waals surface area contributed by atoms with Gasteiger partial charge < -0.3 is 5.73 Å². The lowest BCUT2D eigenvalue weighted by molar-refractivity contribution is 0.254. The highest BCUT2D eigenvalue weighted by molar-refractivity contribution is 9.10. The van der Waals surface area contributed by atoms with E-state index in [0.717, 1.165) is 12.8 Å². The van der Waals surface area contributed by atoms with Crippen molar-refractivity contribution >= 4 is 21.8 Å². The molecule has 0 bridgehead atoms. The number of rotatable bonds is 6. The molecular formula is C13H16BrF2N3. The number of benzene rings is 1. The Labute approximate surface area is 119 Å². The molecule has 0 unspecified atom stereocenters. The van der Waals surface area contributed by atoms with E-state index >= 15 is 0 Å². The van der Waals surface area contributed by atoms with Crippen molar-refractivity contribution in [3.63, 3.8) is 0 Å². The van der Waals surface area contributed by atoms with E-state index in [-0.39, 0.29) is 22.4 Å². The number of hydrogen-bond donors (Lipinski definition) is 2. The summed E-state index contributed by atoms with van der Waals surface area (Å²) in [5, 5.41) is 7.24. The van der Waals surface area contributed by atoms with E-state index in [1.54, 1.807) is 0 Å². The molecule has 0 atom stereocenters. The quantitative estimate of drug-likeness (QED) is 0.478. The van der Waals surface area contributed by atoms with Crippen molar-refractivity contribution < 1.29 is 8.78 Å². The van der Waals surface area contributed by atoms with Crippen LogP contribution in [0.3, 0.4) is 0 Å². The van der Waals surface area contributed by atoms with Gasteiger partial charge in [-0.15, -0.1) is 0 Å². The Morgan fingerprint density at radius 1 is 1.42 bits per heavy atom. The van der Waals surface area contributed by atoms with Crippen LogP contribution >= 0.6 is 15.9 Å². The summed E-state index contributed by atoms with van der Waals surface area (Å²) in [7, 11) is 0. The minimum Gasteiger partial charge on any atom is -0.388 e. The minimum atomic E-state index is -0.548. The molecule has 1 saturated carbocycles. The molecule has 0 aliphatic heterocycles. The summed E-state index contributed by atoms with van der Waals surface area (Å²) >= 11 is 3.07. The first-order chi connectivity index (χ1) is 8.99. The van der Waals surface area contributed by atoms with E-state index in [0.29, 0.717) is 19.0 Å². The number of hydrogen-bond acceptors (Lipinski definition) is 2. The first-order valence-electron chi connectivity index (χ1n) is 6.18. The summed E-state index contributed by atoms with van der Waals surface area (Å²) in [5.41, 5.74) is 5.41. The maximum Gasteiger partial charge on any atom is 0.144 e. The molecule has 3 nitrogen and oxygen atoms in total. The summed E-state index contributed by atoms with van der Waals surface area (Å²) in [6, 6.07) is 2.99. The fourth-order valence-corrected chi connectivity index (χ4v) is 2.38. The predicted molar refractivity (Wildman–Crippen MR) is 74.0 cm³/mol. The number of halogens is 3. The first kappa shape index (κ1) is 14.4. The van der Waals surface area contributed by atoms with Crippen LogP contribution in [0.2, 0.25) is 0 Å². The van der Waals surface area contributed by atoms with Gasteiger partial charge in [0.25, 0.3) is 0 Å². The van der Waals surface area contributed by atoms with Crippen molar-refractivity contribution in [2.24, 2.45) is 5.73 Å². The zero-order chi connectivity index (χ0) is 14.0. The standard InChI is InChI=1S/C13H16BrF2N3/c14-10-3-4-11(15)9(13(10)16)7-19(8-1-2-8)6-5-12(17)18/h3-4,8H,1-2,5-7H2,(H3,17,18). The van der Waals surface area contributed by atoms with Gasteiger partial charge in [0, 0.05) is 31.1 Å². The van der Waals surface area contributed by atoms with E-state index in [1.807, 2.05) is 4.90 Å². The minimum absolute atomic E-state index is 0.0739. The van der Waals surface area contributed by atoms with Crippen molar-refractivity contribution in [1.82, 2.24) is 4.90 Å². The summed E-state index contributed by atoms with van der Waals surface area (Å²) < 4.78 is 27.9. The molecule has 19 heavy (non-hydrogen) atoms. The Kier molecular flexibility index (Phi) is 4.52. The highest BCUT2D eigenvalue weighted by Gasteiger charge is 2.30. The van der Waals surface area contributed by atoms with Crippen LogP contribution in [0.1, 0.15) is 24.8 Å². The third-order valence-corrected chi connectivity index (χ3v) is 3.84. The number of amidine groups is 1. The number of nitrogens with two attached hydrogens (primary N) is 1. The Bertz CT molecular complexity index is 489. The lowest BCUT2D eigenvalue weighted by Gasteiger charge is -2.22. The molecule has 0 radical (unpaired) electrons. The molecule has 1 aliphatic rings. The van der Waals surface area contributed by atoms with E-state index in [9.17, 15) is 8.78 Å². The van der Waals surface area contributed by atoms with Crippen LogP contribution < -0.4 is 5.73 Å². The lowest BCUT2D eigenvalue weighted by Crippen LogP contribution is -2.30. The molecule has 6 heteroatoms. The second kappa shape index (κ2) is 5.96. The van der Waals surface area contributed by atoms with Gasteiger partial charge in [-0.25, -0.2) is 8.78 Å². The van der Waals surface area contributed by atoms with E-state index < -0.39 is 11.6 Å². The zero-order valence-corrected chi connectivity index (χ0v) is 12.0. The van der Waals surface area contributed by atoms with Gasteiger partial charge in [-0.2, -0.15) is 0 Å². The van der Waals surface area contributed by atoms with Gasteiger partial charge in [-0.05, 0) is 40.9 Å². The van der Waals surface area contributed by atoms with Crippen LogP contribution in [-0.4, -0.2) is 23.3 Å². The van der Waals surface area contributed by atoms with Gasteiger partial charge in [0.2, 0.25) is 0 Å². The summed E-state index contributed by atoms with van der Waals surface area (Å²) in [6.07, 6.45) is 2.50. The van der Waals surface area contributed by atoms with Crippen molar-refractivity contribution in [2.45, 2.75) is 31.8 Å². The van der Waals surface area contributed by atoms with Crippen LogP contribution in [0, 0.1) is 17.0 Å². The second-order valence-corrected chi connectivity index (χ2v) is 5.65. The molecule has 1 aromatic carbocycles. The average molecular weight is 332 g/mol. The van der Waals surface area contributed by atoms with Crippen LogP contribution in [0.25, 0.3) is 0 Å². The Hall–Kier alpha value is -1.01. The van der Waals surface area contributed by atoms with Crippen LogP contribution in [0.5, 0.6) is 0 Å². The first-order valence-corrected chi connectivity index (χ1v) is 6.97. The van der Waals surface area contributed by atoms with Gasteiger partial charge in [0.05, 0.1) is 10.3 Å². The highest BCUT2D eigenvalue weighted by atomic mass is 79.9. The van der Waals surface area contributed by atoms with Crippen LogP contribution in [0.4, 0.5) is 8.78 Å². The number of nitrogens with one attached hydrogen (secondary N) is 1. The highest BCUT2D eigenvalue weighted by Crippen LogP contribution is 2.30. The molecule has 0 amide bonds. The third kappa shape index (κ3) is 3.73. The average Bonchev–Trinajstić information content (AvgIpc) is 3.17. The largest absolute Gasteiger partial charge is 0.388 e. The molecule has 0 spiro atoms. The molecule has 1 aliphatic carbocycles. The lowest BCUT2D eigenvalue weighted by atomic mass is 10.1. The maximum absolute atomic E-state index is 13.9. The van der Waals surface area contributed by atoms with Gasteiger partial charge in [0.15, 0.2) is 0 Å². The molecule has 3 N–H and O–H groups in total. The molecule has 2 rings (SSSR count). The van der Waals surface area contributed by atoms with Crippen LogP contribution in [0.15, 0.2) is 16.6 Å². The monoisotopic (exact) mass is 331 g/mol. The Morgan fingerprint density at radius 3 is 2.68 bits per heavy atom. The summed E-state index contributed by atoms with van der Waals surface area (Å²) in [6.45, 7) is 0.778. The fraction of sp³-hybridized carbons (Fsp3) is 0.462. The summed E-state index contributed by atoms with van der Waals surface area (Å²) in [4.78, 5) is 2.00. The van der Waals surface area contributed by atoms with Crippen molar-refractivity contribution in [3.8, 4) is 0 Å². The second-order valence-electron chi connectivity index (χ2n) is 4.80. The normalized spacial score (nSPS) is 14.9. The van der Waals surface area contributed by atoms with E-state index in [4.69, 9.17) is 11.1 Å². The van der Waals surface area contributed by atoms with Crippen molar-refractivity contribution in [1.29, 1.82) is 5.41 Å². The molecule has 104 valence electrons. The van der Waals surface area contributed by atoms with Gasteiger partial charge >= 0.3 is 0 Å². The topological polar surface area (TPSA) is 53.1 Å². The van der Waals surface area contributed by atoms with E-state index in [2.05, 4.69) is 15.9 Å². The third-order valence-electron chi connectivity index (χ3n) is 3.23. The predicted octanol–water partition coefficient (Wildman–Crippen LogP) is 3.02. The molecule has 1 aromatic rings. The number of nitrogens with zero attached hydrogens (tertiary/aromatic N) is 1. The SMILES string of the molecule is N=C(N)CCN(Cc1c(F)ccc(Br)c1F)C1CC1. The fourth-order valence-electron chi connectivity index (χ4n) is 2.01. The van der Waals surface area contributed by atoms with Crippen molar-refractivity contribution in [2.75, 3.05) is 6.54 Å². The maximum atomic E-state index is 13.9. The molecule has 0 saturated heterocycles.